The highest BCUT2D eigenvalue weighted by Gasteiger charge is 2.18. The predicted molar refractivity (Wildman–Crippen MR) is 191 cm³/mol. The van der Waals surface area contributed by atoms with E-state index in [2.05, 4.69) is 10.6 Å². The smallest absolute Gasteiger partial charge is 0.313 e. The van der Waals surface area contributed by atoms with Gasteiger partial charge in [0.2, 0.25) is 0 Å². The molecule has 2 N–H and O–H groups in total. The van der Waals surface area contributed by atoms with Crippen LogP contribution in [0.1, 0.15) is 78.2 Å². The number of hydrogen-bond acceptors (Lipinski definition) is 9. The van der Waals surface area contributed by atoms with E-state index in [0.29, 0.717) is 22.7 Å². The van der Waals surface area contributed by atoms with Gasteiger partial charge >= 0.3 is 17.9 Å². The summed E-state index contributed by atoms with van der Waals surface area (Å²) in [6, 6.07) is 23.1. The molecule has 4 aromatic rings. The monoisotopic (exact) mass is 692 g/mol. The number of hydrogen-bond donors (Lipinski definition) is 2. The number of rotatable bonds is 13. The molecule has 0 heterocycles. The van der Waals surface area contributed by atoms with Crippen LogP contribution < -0.4 is 24.8 Å². The van der Waals surface area contributed by atoms with Gasteiger partial charge in [0.15, 0.2) is 5.78 Å². The van der Waals surface area contributed by atoms with Crippen LogP contribution in [-0.2, 0) is 20.8 Å². The lowest BCUT2D eigenvalue weighted by Gasteiger charge is -2.13. The van der Waals surface area contributed by atoms with Crippen molar-refractivity contribution >= 4 is 46.9 Å². The molecule has 51 heavy (non-hydrogen) atoms. The number of esters is 3. The van der Waals surface area contributed by atoms with E-state index in [9.17, 15) is 28.8 Å². The van der Waals surface area contributed by atoms with Gasteiger partial charge in [0, 0.05) is 34.5 Å². The molecule has 0 fully saturated rings. The summed E-state index contributed by atoms with van der Waals surface area (Å²) in [7, 11) is 0. The van der Waals surface area contributed by atoms with E-state index in [1.807, 2.05) is 0 Å². The standard InChI is InChI=1S/C40H40N2O9/c1-23(2)38(46)49-32-13-7-26(8-14-32)19-35(43)28-20-29(37(45)41-30-11-17-34(18-12-30)51-40(48)25(5)6)22-31(21-28)42-36(44)27-9-15-33(16-10-27)50-39(47)24(3)4/h7-18,20-25H,19H2,1-6H3,(H,41,45)(H,42,44). The molecule has 0 radical (unpaired) electrons. The molecule has 2 amide bonds. The van der Waals surface area contributed by atoms with Crippen molar-refractivity contribution in [2.75, 3.05) is 10.6 Å². The van der Waals surface area contributed by atoms with Gasteiger partial charge in [-0.1, -0.05) is 53.7 Å². The second kappa shape index (κ2) is 17.0. The number of carbonyl (C=O) groups excluding carboxylic acids is 6. The van der Waals surface area contributed by atoms with Crippen LogP contribution in [0.4, 0.5) is 11.4 Å². The van der Waals surface area contributed by atoms with Crippen LogP contribution in [0.2, 0.25) is 0 Å². The minimum Gasteiger partial charge on any atom is -0.426 e. The first kappa shape index (κ1) is 37.7. The minimum absolute atomic E-state index is 0.0377. The molecule has 11 nitrogen and oxygen atoms in total. The molecule has 0 bridgehead atoms. The fraction of sp³-hybridized carbons (Fsp3) is 0.250. The molecule has 0 aliphatic carbocycles. The van der Waals surface area contributed by atoms with E-state index >= 15 is 0 Å². The van der Waals surface area contributed by atoms with Crippen LogP contribution >= 0.6 is 0 Å². The zero-order chi connectivity index (χ0) is 37.2. The Morgan fingerprint density at radius 2 is 0.863 bits per heavy atom. The maximum Gasteiger partial charge on any atom is 0.313 e. The van der Waals surface area contributed by atoms with Crippen molar-refractivity contribution in [3.8, 4) is 17.2 Å². The van der Waals surface area contributed by atoms with Crippen LogP contribution in [0, 0.1) is 17.8 Å². The van der Waals surface area contributed by atoms with Crippen LogP contribution in [0.15, 0.2) is 91.0 Å². The molecule has 0 saturated carbocycles. The Morgan fingerprint density at radius 3 is 1.33 bits per heavy atom. The number of ether oxygens (including phenoxy) is 3. The summed E-state index contributed by atoms with van der Waals surface area (Å²) in [4.78, 5) is 76.0. The number of benzene rings is 4. The Balaban J connectivity index is 1.56. The molecule has 4 rings (SSSR count). The van der Waals surface area contributed by atoms with Crippen molar-refractivity contribution in [2.24, 2.45) is 17.8 Å². The van der Waals surface area contributed by atoms with Gasteiger partial charge in [0.05, 0.1) is 17.8 Å². The summed E-state index contributed by atoms with van der Waals surface area (Å²) < 4.78 is 15.9. The van der Waals surface area contributed by atoms with Gasteiger partial charge in [-0.05, 0) is 84.4 Å². The zero-order valence-electron chi connectivity index (χ0n) is 29.3. The predicted octanol–water partition coefficient (Wildman–Crippen LogP) is 7.30. The Kier molecular flexibility index (Phi) is 12.6. The first-order chi connectivity index (χ1) is 24.2. The first-order valence-electron chi connectivity index (χ1n) is 16.4. The summed E-state index contributed by atoms with van der Waals surface area (Å²) >= 11 is 0. The number of ketones is 1. The molecule has 0 unspecified atom stereocenters. The second-order valence-corrected chi connectivity index (χ2v) is 12.7. The minimum atomic E-state index is -0.556. The summed E-state index contributed by atoms with van der Waals surface area (Å²) in [6.07, 6.45) is -0.0377. The quantitative estimate of drug-likeness (QED) is 0.0834. The third-order valence-corrected chi connectivity index (χ3v) is 7.36. The molecule has 0 atom stereocenters. The molecular weight excluding hydrogens is 652 g/mol. The van der Waals surface area contributed by atoms with Crippen LogP contribution in [-0.4, -0.2) is 35.5 Å². The SMILES string of the molecule is CC(C)C(=O)Oc1ccc(CC(=O)c2cc(NC(=O)c3ccc(OC(=O)C(C)C)cc3)cc(C(=O)Nc3ccc(OC(=O)C(C)C)cc3)c2)cc1. The molecule has 0 aliphatic heterocycles. The van der Waals surface area contributed by atoms with Gasteiger partial charge in [0.25, 0.3) is 11.8 Å². The lowest BCUT2D eigenvalue weighted by Crippen LogP contribution is -2.17. The van der Waals surface area contributed by atoms with Crippen molar-refractivity contribution in [3.63, 3.8) is 0 Å². The van der Waals surface area contributed by atoms with Crippen molar-refractivity contribution in [3.05, 3.63) is 113 Å². The summed E-state index contributed by atoms with van der Waals surface area (Å²) in [5, 5.41) is 5.51. The Morgan fingerprint density at radius 1 is 0.471 bits per heavy atom. The van der Waals surface area contributed by atoms with Gasteiger partial charge in [-0.25, -0.2) is 0 Å². The molecule has 4 aromatic carbocycles. The number of anilines is 2. The third-order valence-electron chi connectivity index (χ3n) is 7.36. The maximum atomic E-state index is 13.5. The van der Waals surface area contributed by atoms with E-state index in [1.165, 1.54) is 42.5 Å². The first-order valence-corrected chi connectivity index (χ1v) is 16.4. The highest BCUT2D eigenvalue weighted by Crippen LogP contribution is 2.23. The summed E-state index contributed by atoms with van der Waals surface area (Å²) in [5.41, 5.74) is 1.75. The number of amides is 2. The van der Waals surface area contributed by atoms with Gasteiger partial charge in [0.1, 0.15) is 17.2 Å². The van der Waals surface area contributed by atoms with Crippen LogP contribution in [0.5, 0.6) is 17.2 Å². The Bertz CT molecular complexity index is 1810. The van der Waals surface area contributed by atoms with E-state index in [1.54, 1.807) is 90.1 Å². The third kappa shape index (κ3) is 10.9. The van der Waals surface area contributed by atoms with Crippen molar-refractivity contribution < 1.29 is 43.0 Å². The fourth-order valence-corrected chi connectivity index (χ4v) is 4.34. The van der Waals surface area contributed by atoms with Crippen molar-refractivity contribution in [1.82, 2.24) is 0 Å². The number of nitrogens with one attached hydrogen (secondary N) is 2. The number of carbonyl (C=O) groups is 6. The van der Waals surface area contributed by atoms with E-state index < -0.39 is 17.8 Å². The summed E-state index contributed by atoms with van der Waals surface area (Å²) in [6.45, 7) is 10.3. The van der Waals surface area contributed by atoms with E-state index in [4.69, 9.17) is 14.2 Å². The van der Waals surface area contributed by atoms with Crippen LogP contribution in [0.3, 0.4) is 0 Å². The van der Waals surface area contributed by atoms with E-state index in [0.717, 1.165) is 0 Å². The van der Waals surface area contributed by atoms with Crippen molar-refractivity contribution in [1.29, 1.82) is 0 Å². The highest BCUT2D eigenvalue weighted by molar-refractivity contribution is 6.10. The van der Waals surface area contributed by atoms with Gasteiger partial charge in [-0.15, -0.1) is 0 Å². The van der Waals surface area contributed by atoms with Gasteiger partial charge in [-0.2, -0.15) is 0 Å². The average molecular weight is 693 g/mol. The molecule has 0 aromatic heterocycles. The van der Waals surface area contributed by atoms with Crippen LogP contribution in [0.25, 0.3) is 0 Å². The molecule has 11 heteroatoms. The average Bonchev–Trinajstić information content (AvgIpc) is 3.09. The lowest BCUT2D eigenvalue weighted by molar-refractivity contribution is -0.138. The molecule has 264 valence electrons. The van der Waals surface area contributed by atoms with Crippen molar-refractivity contribution in [2.45, 2.75) is 48.0 Å². The molecule has 0 saturated heterocycles. The Labute approximate surface area is 296 Å². The van der Waals surface area contributed by atoms with Gasteiger partial charge < -0.3 is 24.8 Å². The van der Waals surface area contributed by atoms with E-state index in [-0.39, 0.29) is 70.0 Å². The molecule has 0 spiro atoms. The fourth-order valence-electron chi connectivity index (χ4n) is 4.34. The largest absolute Gasteiger partial charge is 0.426 e. The normalized spacial score (nSPS) is 10.8. The topological polar surface area (TPSA) is 154 Å². The summed E-state index contributed by atoms with van der Waals surface area (Å²) in [5.74, 6) is -2.55. The molecular formula is C40H40N2O9. The van der Waals surface area contributed by atoms with Gasteiger partial charge in [-0.3, -0.25) is 28.8 Å². The zero-order valence-corrected chi connectivity index (χ0v) is 29.3. The Hall–Kier alpha value is -6.10. The maximum absolute atomic E-state index is 13.5. The molecule has 0 aliphatic rings. The number of Topliss-reactive ketones (excluding diaryl/α,β-unsaturated/α-hetero) is 1. The second-order valence-electron chi connectivity index (χ2n) is 12.7. The highest BCUT2D eigenvalue weighted by atomic mass is 16.5. The lowest BCUT2D eigenvalue weighted by atomic mass is 9.99.